The van der Waals surface area contributed by atoms with E-state index in [1.165, 1.54) is 25.9 Å². The van der Waals surface area contributed by atoms with Gasteiger partial charge in [-0.3, -0.25) is 4.79 Å². The molecule has 0 spiro atoms. The molecular formula is C27H36N2O2. The van der Waals surface area contributed by atoms with E-state index >= 15 is 0 Å². The fourth-order valence-corrected chi connectivity index (χ4v) is 5.37. The first-order valence-corrected chi connectivity index (χ1v) is 11.7. The van der Waals surface area contributed by atoms with Gasteiger partial charge in [0.25, 0.3) is 0 Å². The van der Waals surface area contributed by atoms with Crippen LogP contribution in [-0.2, 0) is 9.53 Å². The van der Waals surface area contributed by atoms with Crippen LogP contribution in [0, 0.1) is 0 Å². The number of benzene rings is 2. The van der Waals surface area contributed by atoms with Crippen molar-refractivity contribution in [3.63, 3.8) is 0 Å². The Hall–Kier alpha value is -2.17. The van der Waals surface area contributed by atoms with Gasteiger partial charge in [-0.1, -0.05) is 60.7 Å². The molecule has 2 aromatic carbocycles. The molecule has 0 aliphatic carbocycles. The van der Waals surface area contributed by atoms with Crippen molar-refractivity contribution >= 4 is 5.91 Å². The Bertz CT molecular complexity index is 822. The normalized spacial score (nSPS) is 26.1. The molecule has 2 aliphatic heterocycles. The second kappa shape index (κ2) is 9.13. The summed E-state index contributed by atoms with van der Waals surface area (Å²) in [6.07, 6.45) is 4.47. The number of carbonyl (C=O) groups excluding carboxylic acids is 1. The maximum Gasteiger partial charge on any atom is 0.232 e. The summed E-state index contributed by atoms with van der Waals surface area (Å²) in [5.74, 6) is -0.279. The van der Waals surface area contributed by atoms with Gasteiger partial charge in [-0.25, -0.2) is 0 Å². The lowest BCUT2D eigenvalue weighted by Crippen LogP contribution is -2.61. The number of rotatable bonds is 6. The third kappa shape index (κ3) is 5.19. The highest BCUT2D eigenvalue weighted by atomic mass is 16.5. The number of likely N-dealkylation sites (tertiary alicyclic amines) is 1. The van der Waals surface area contributed by atoms with Crippen molar-refractivity contribution in [3.05, 3.63) is 71.8 Å². The zero-order chi connectivity index (χ0) is 21.9. The molecule has 31 heavy (non-hydrogen) atoms. The van der Waals surface area contributed by atoms with Crippen LogP contribution in [0.25, 0.3) is 0 Å². The van der Waals surface area contributed by atoms with Crippen molar-refractivity contribution in [2.24, 2.45) is 0 Å². The van der Waals surface area contributed by atoms with E-state index in [0.717, 1.165) is 30.5 Å². The number of ether oxygens (including phenoxy) is 1. The van der Waals surface area contributed by atoms with Gasteiger partial charge in [0.1, 0.15) is 0 Å². The molecule has 0 aromatic heterocycles. The van der Waals surface area contributed by atoms with Crippen molar-refractivity contribution in [1.82, 2.24) is 10.2 Å². The highest BCUT2D eigenvalue weighted by Crippen LogP contribution is 2.37. The summed E-state index contributed by atoms with van der Waals surface area (Å²) < 4.78 is 6.67. The Labute approximate surface area is 187 Å². The SMILES string of the molecule is CC1(C)O[C@@](C)(CN2CCCC2)CC[C@@H]1NC(=O)C(c1ccccc1)c1ccccc1. The fourth-order valence-electron chi connectivity index (χ4n) is 5.37. The van der Waals surface area contributed by atoms with E-state index in [0.29, 0.717) is 0 Å². The minimum atomic E-state index is -0.416. The number of hydrogen-bond acceptors (Lipinski definition) is 3. The first-order valence-electron chi connectivity index (χ1n) is 11.7. The molecule has 4 nitrogen and oxygen atoms in total. The van der Waals surface area contributed by atoms with Crippen molar-refractivity contribution in [2.75, 3.05) is 19.6 Å². The van der Waals surface area contributed by atoms with Crippen LogP contribution in [0.3, 0.4) is 0 Å². The van der Waals surface area contributed by atoms with Crippen LogP contribution in [0.15, 0.2) is 60.7 Å². The summed E-state index contributed by atoms with van der Waals surface area (Å²) >= 11 is 0. The van der Waals surface area contributed by atoms with Crippen molar-refractivity contribution in [1.29, 1.82) is 0 Å². The van der Waals surface area contributed by atoms with Crippen molar-refractivity contribution in [2.45, 2.75) is 69.6 Å². The maximum atomic E-state index is 13.6. The summed E-state index contributed by atoms with van der Waals surface area (Å²) in [7, 11) is 0. The van der Waals surface area contributed by atoms with Gasteiger partial charge >= 0.3 is 0 Å². The molecular weight excluding hydrogens is 384 g/mol. The van der Waals surface area contributed by atoms with E-state index in [1.807, 2.05) is 60.7 Å². The lowest BCUT2D eigenvalue weighted by Gasteiger charge is -2.49. The van der Waals surface area contributed by atoms with Crippen LogP contribution < -0.4 is 5.32 Å². The van der Waals surface area contributed by atoms with Gasteiger partial charge in [0.2, 0.25) is 5.91 Å². The van der Waals surface area contributed by atoms with Gasteiger partial charge in [0.05, 0.1) is 23.2 Å². The summed E-state index contributed by atoms with van der Waals surface area (Å²) in [6.45, 7) is 9.82. The van der Waals surface area contributed by atoms with Crippen LogP contribution in [0.4, 0.5) is 0 Å². The van der Waals surface area contributed by atoms with Crippen LogP contribution in [0.5, 0.6) is 0 Å². The van der Waals surface area contributed by atoms with E-state index in [4.69, 9.17) is 4.74 Å². The predicted octanol–water partition coefficient (Wildman–Crippen LogP) is 4.75. The highest BCUT2D eigenvalue weighted by Gasteiger charge is 2.45. The second-order valence-electron chi connectivity index (χ2n) is 9.99. The van der Waals surface area contributed by atoms with Gasteiger partial charge in [-0.2, -0.15) is 0 Å². The number of amides is 1. The van der Waals surface area contributed by atoms with Gasteiger partial charge in [0.15, 0.2) is 0 Å². The van der Waals surface area contributed by atoms with Crippen LogP contribution in [0.1, 0.15) is 63.5 Å². The summed E-state index contributed by atoms with van der Waals surface area (Å²) in [6, 6.07) is 20.1. The standard InChI is InChI=1S/C27H36N2O2/c1-26(2)23(16-17-27(3,31-26)20-29-18-10-11-19-29)28-25(30)24(21-12-6-4-7-13-21)22-14-8-5-9-15-22/h4-9,12-15,23-24H,10-11,16-20H2,1-3H3,(H,28,30)/t23-,27+/m0/s1. The summed E-state index contributed by atoms with van der Waals surface area (Å²) in [5, 5.41) is 3.36. The molecule has 0 bridgehead atoms. The molecule has 1 N–H and O–H groups in total. The third-order valence-electron chi connectivity index (χ3n) is 6.91. The number of hydrogen-bond donors (Lipinski definition) is 1. The minimum absolute atomic E-state index is 0.0124. The average molecular weight is 421 g/mol. The monoisotopic (exact) mass is 420 g/mol. The molecule has 2 aliphatic rings. The average Bonchev–Trinajstić information content (AvgIpc) is 3.24. The molecule has 0 radical (unpaired) electrons. The minimum Gasteiger partial charge on any atom is -0.366 e. The first-order chi connectivity index (χ1) is 14.9. The molecule has 2 aromatic rings. The first kappa shape index (κ1) is 22.0. The Kier molecular flexibility index (Phi) is 6.49. The Balaban J connectivity index is 1.49. The second-order valence-corrected chi connectivity index (χ2v) is 9.99. The lowest BCUT2D eigenvalue weighted by atomic mass is 9.82. The van der Waals surface area contributed by atoms with Gasteiger partial charge in [0, 0.05) is 6.54 Å². The van der Waals surface area contributed by atoms with Gasteiger partial charge < -0.3 is 15.0 Å². The van der Waals surface area contributed by atoms with Crippen LogP contribution >= 0.6 is 0 Å². The van der Waals surface area contributed by atoms with Crippen molar-refractivity contribution in [3.8, 4) is 0 Å². The Morgan fingerprint density at radius 3 is 2.06 bits per heavy atom. The van der Waals surface area contributed by atoms with E-state index in [2.05, 4.69) is 31.0 Å². The van der Waals surface area contributed by atoms with E-state index in [1.54, 1.807) is 0 Å². The topological polar surface area (TPSA) is 41.6 Å². The predicted molar refractivity (Wildman–Crippen MR) is 125 cm³/mol. The zero-order valence-electron chi connectivity index (χ0n) is 19.1. The maximum absolute atomic E-state index is 13.6. The molecule has 2 atom stereocenters. The molecule has 2 heterocycles. The van der Waals surface area contributed by atoms with E-state index in [-0.39, 0.29) is 23.5 Å². The molecule has 4 rings (SSSR count). The quantitative estimate of drug-likeness (QED) is 0.733. The molecule has 2 saturated heterocycles. The fraction of sp³-hybridized carbons (Fsp3) is 0.519. The molecule has 166 valence electrons. The van der Waals surface area contributed by atoms with Gasteiger partial charge in [-0.05, 0) is 70.7 Å². The third-order valence-corrected chi connectivity index (χ3v) is 6.91. The Morgan fingerprint density at radius 1 is 1.00 bits per heavy atom. The number of nitrogens with zero attached hydrogens (tertiary/aromatic N) is 1. The van der Waals surface area contributed by atoms with E-state index < -0.39 is 5.60 Å². The van der Waals surface area contributed by atoms with E-state index in [9.17, 15) is 4.79 Å². The summed E-state index contributed by atoms with van der Waals surface area (Å²) in [4.78, 5) is 16.1. The zero-order valence-corrected chi connectivity index (χ0v) is 19.1. The lowest BCUT2D eigenvalue weighted by molar-refractivity contribution is -0.187. The smallest absolute Gasteiger partial charge is 0.232 e. The number of carbonyl (C=O) groups is 1. The Morgan fingerprint density at radius 2 is 1.55 bits per heavy atom. The molecule has 2 fully saturated rings. The molecule has 0 saturated carbocycles. The van der Waals surface area contributed by atoms with Crippen LogP contribution in [-0.4, -0.2) is 47.7 Å². The van der Waals surface area contributed by atoms with Gasteiger partial charge in [-0.15, -0.1) is 0 Å². The van der Waals surface area contributed by atoms with Crippen LogP contribution in [0.2, 0.25) is 0 Å². The molecule has 0 unspecified atom stereocenters. The van der Waals surface area contributed by atoms with Crippen molar-refractivity contribution < 1.29 is 9.53 Å². The molecule has 1 amide bonds. The molecule has 4 heteroatoms. The summed E-state index contributed by atoms with van der Waals surface area (Å²) in [5.41, 5.74) is 1.45. The number of nitrogens with one attached hydrogen (secondary N) is 1. The highest BCUT2D eigenvalue weighted by molar-refractivity contribution is 5.87. The largest absolute Gasteiger partial charge is 0.366 e.